The van der Waals surface area contributed by atoms with Gasteiger partial charge in [-0.2, -0.15) is 0 Å². The Labute approximate surface area is 215 Å². The molecule has 1 saturated heterocycles. The number of nitro groups is 1. The van der Waals surface area contributed by atoms with Crippen LogP contribution in [0.25, 0.3) is 0 Å². The Bertz CT molecular complexity index is 1210. The van der Waals surface area contributed by atoms with Crippen LogP contribution in [0.4, 0.5) is 16.2 Å². The number of amides is 3. The fourth-order valence-electron chi connectivity index (χ4n) is 4.18. The van der Waals surface area contributed by atoms with Gasteiger partial charge in [-0.1, -0.05) is 30.3 Å². The number of non-ortho nitro benzene ring substituents is 1. The molecule has 1 fully saturated rings. The zero-order chi connectivity index (χ0) is 26.2. The zero-order valence-corrected chi connectivity index (χ0v) is 20.7. The van der Waals surface area contributed by atoms with Gasteiger partial charge in [0.2, 0.25) is 5.91 Å². The lowest BCUT2D eigenvalue weighted by molar-refractivity contribution is -0.384. The van der Waals surface area contributed by atoms with Gasteiger partial charge >= 0.3 is 6.03 Å². The van der Waals surface area contributed by atoms with Crippen LogP contribution in [0.1, 0.15) is 29.9 Å². The second kappa shape index (κ2) is 12.2. The number of nitrogens with zero attached hydrogens (tertiary/aromatic N) is 3. The Kier molecular flexibility index (Phi) is 8.52. The van der Waals surface area contributed by atoms with Crippen molar-refractivity contribution >= 4 is 23.3 Å². The summed E-state index contributed by atoms with van der Waals surface area (Å²) in [7, 11) is 0. The minimum absolute atomic E-state index is 0.0749. The van der Waals surface area contributed by atoms with Crippen molar-refractivity contribution in [3.05, 3.63) is 93.9 Å². The van der Waals surface area contributed by atoms with Crippen molar-refractivity contribution in [1.82, 2.24) is 9.80 Å². The Hall–Kier alpha value is -4.18. The molecule has 0 bridgehead atoms. The Morgan fingerprint density at radius 2 is 1.78 bits per heavy atom. The molecule has 1 aliphatic rings. The summed E-state index contributed by atoms with van der Waals surface area (Å²) < 4.78 is 11.4. The summed E-state index contributed by atoms with van der Waals surface area (Å²) in [6.45, 7) is 3.18. The summed E-state index contributed by atoms with van der Waals surface area (Å²) >= 11 is 0. The molecule has 2 heterocycles. The first-order valence-electron chi connectivity index (χ1n) is 12.2. The van der Waals surface area contributed by atoms with Gasteiger partial charge in [0.1, 0.15) is 18.1 Å². The highest BCUT2D eigenvalue weighted by Crippen LogP contribution is 2.19. The number of benzene rings is 2. The summed E-state index contributed by atoms with van der Waals surface area (Å²) in [5.74, 6) is 1.17. The minimum Gasteiger partial charge on any atom is -0.464 e. The van der Waals surface area contributed by atoms with Crippen LogP contribution in [0, 0.1) is 17.0 Å². The lowest BCUT2D eigenvalue weighted by atomic mass is 10.2. The van der Waals surface area contributed by atoms with E-state index < -0.39 is 11.0 Å². The molecule has 1 aliphatic heterocycles. The van der Waals surface area contributed by atoms with Gasteiger partial charge in [-0.15, -0.1) is 0 Å². The predicted molar refractivity (Wildman–Crippen MR) is 137 cm³/mol. The summed E-state index contributed by atoms with van der Waals surface area (Å²) in [5, 5.41) is 13.7. The number of nitrogens with one attached hydrogen (secondary N) is 1. The number of anilines is 1. The molecule has 0 spiro atoms. The maximum Gasteiger partial charge on any atom is 0.322 e. The van der Waals surface area contributed by atoms with Crippen molar-refractivity contribution in [3.8, 4) is 0 Å². The molecular weight excluding hydrogens is 476 g/mol. The first-order chi connectivity index (χ1) is 17.9. The largest absolute Gasteiger partial charge is 0.464 e. The Balaban J connectivity index is 1.50. The molecule has 0 unspecified atom stereocenters. The highest BCUT2D eigenvalue weighted by atomic mass is 16.6. The van der Waals surface area contributed by atoms with Crippen LogP contribution in [0.2, 0.25) is 0 Å². The molecule has 10 heteroatoms. The van der Waals surface area contributed by atoms with E-state index in [1.165, 1.54) is 29.2 Å². The second-order valence-corrected chi connectivity index (χ2v) is 9.00. The Morgan fingerprint density at radius 3 is 2.41 bits per heavy atom. The van der Waals surface area contributed by atoms with E-state index in [1.807, 2.05) is 49.4 Å². The molecule has 0 aliphatic carbocycles. The van der Waals surface area contributed by atoms with Gasteiger partial charge in [0.25, 0.3) is 5.69 Å². The highest BCUT2D eigenvalue weighted by molar-refractivity contribution is 5.92. The van der Waals surface area contributed by atoms with Crippen LogP contribution in [-0.2, 0) is 22.6 Å². The van der Waals surface area contributed by atoms with Crippen molar-refractivity contribution in [2.24, 2.45) is 0 Å². The number of carbonyl (C=O) groups is 2. The topological polar surface area (TPSA) is 118 Å². The number of nitro benzene ring substituents is 1. The zero-order valence-electron chi connectivity index (χ0n) is 20.7. The molecular formula is C27H30N4O6. The van der Waals surface area contributed by atoms with Crippen LogP contribution in [-0.4, -0.2) is 52.5 Å². The highest BCUT2D eigenvalue weighted by Gasteiger charge is 2.27. The number of urea groups is 1. The van der Waals surface area contributed by atoms with Gasteiger partial charge < -0.3 is 24.3 Å². The van der Waals surface area contributed by atoms with Crippen LogP contribution in [0.5, 0.6) is 0 Å². The second-order valence-electron chi connectivity index (χ2n) is 9.00. The number of ether oxygens (including phenoxy) is 1. The third-order valence-electron chi connectivity index (χ3n) is 6.10. The fourth-order valence-corrected chi connectivity index (χ4v) is 4.18. The first kappa shape index (κ1) is 25.9. The van der Waals surface area contributed by atoms with Crippen molar-refractivity contribution < 1.29 is 23.7 Å². The predicted octanol–water partition coefficient (Wildman–Crippen LogP) is 4.74. The molecule has 37 heavy (non-hydrogen) atoms. The molecule has 4 rings (SSSR count). The quantitative estimate of drug-likeness (QED) is 0.314. The fraction of sp³-hybridized carbons (Fsp3) is 0.333. The van der Waals surface area contributed by atoms with E-state index in [2.05, 4.69) is 5.32 Å². The number of carbonyl (C=O) groups excluding carboxylic acids is 2. The summed E-state index contributed by atoms with van der Waals surface area (Å²) in [5.41, 5.74) is 1.28. The SMILES string of the molecule is Cc1ccc(CN(Cc2ccccc2)C(=O)CN(C[C@@H]2CCCO2)C(=O)Nc2ccc([N+](=O)[O-])cc2)o1. The van der Waals surface area contributed by atoms with E-state index in [0.717, 1.165) is 24.2 Å². The standard InChI is InChI=1S/C27H30N4O6/c1-20-9-14-25(37-20)18-29(16-21-6-3-2-4-7-21)26(32)19-30(17-24-8-5-15-36-24)27(33)28-22-10-12-23(13-11-22)31(34)35/h2-4,6-7,9-14,24H,5,8,15-19H2,1H3,(H,28,33)/t24-/m0/s1. The number of hydrogen-bond donors (Lipinski definition) is 1. The van der Waals surface area contributed by atoms with E-state index in [9.17, 15) is 19.7 Å². The summed E-state index contributed by atoms with van der Waals surface area (Å²) in [4.78, 5) is 40.3. The molecule has 1 aromatic heterocycles. The summed E-state index contributed by atoms with van der Waals surface area (Å²) in [6.07, 6.45) is 1.54. The number of aryl methyl sites for hydroxylation is 1. The number of furan rings is 1. The molecule has 10 nitrogen and oxygen atoms in total. The first-order valence-corrected chi connectivity index (χ1v) is 12.2. The van der Waals surface area contributed by atoms with Crippen molar-refractivity contribution in [1.29, 1.82) is 0 Å². The smallest absolute Gasteiger partial charge is 0.322 e. The molecule has 3 amide bonds. The van der Waals surface area contributed by atoms with Crippen LogP contribution in [0.3, 0.4) is 0 Å². The van der Waals surface area contributed by atoms with Crippen LogP contribution < -0.4 is 5.32 Å². The lowest BCUT2D eigenvalue weighted by Gasteiger charge is -2.29. The monoisotopic (exact) mass is 506 g/mol. The normalized spacial score (nSPS) is 14.8. The van der Waals surface area contributed by atoms with Gasteiger partial charge in [0.15, 0.2) is 0 Å². The van der Waals surface area contributed by atoms with Crippen LogP contribution >= 0.6 is 0 Å². The maximum absolute atomic E-state index is 13.6. The average molecular weight is 507 g/mol. The van der Waals surface area contributed by atoms with Crippen LogP contribution in [0.15, 0.2) is 71.1 Å². The molecule has 2 aromatic carbocycles. The molecule has 0 radical (unpaired) electrons. The van der Waals surface area contributed by atoms with Gasteiger partial charge in [-0.25, -0.2) is 4.79 Å². The molecule has 1 atom stereocenters. The maximum atomic E-state index is 13.6. The lowest BCUT2D eigenvalue weighted by Crippen LogP contribution is -2.46. The van der Waals surface area contributed by atoms with E-state index in [4.69, 9.17) is 9.15 Å². The van der Waals surface area contributed by atoms with E-state index in [0.29, 0.717) is 24.6 Å². The number of hydrogen-bond acceptors (Lipinski definition) is 6. The third kappa shape index (κ3) is 7.40. The molecule has 0 saturated carbocycles. The minimum atomic E-state index is -0.504. The van der Waals surface area contributed by atoms with E-state index in [-0.39, 0.29) is 37.3 Å². The van der Waals surface area contributed by atoms with Gasteiger partial charge in [-0.3, -0.25) is 14.9 Å². The molecule has 1 N–H and O–H groups in total. The van der Waals surface area contributed by atoms with E-state index in [1.54, 1.807) is 4.90 Å². The molecule has 3 aromatic rings. The van der Waals surface area contributed by atoms with Crippen molar-refractivity contribution in [2.75, 3.05) is 25.0 Å². The van der Waals surface area contributed by atoms with Crippen molar-refractivity contribution in [2.45, 2.75) is 39.0 Å². The van der Waals surface area contributed by atoms with Crippen molar-refractivity contribution in [3.63, 3.8) is 0 Å². The van der Waals surface area contributed by atoms with Gasteiger partial charge in [-0.05, 0) is 49.6 Å². The average Bonchev–Trinajstić information content (AvgIpc) is 3.55. The van der Waals surface area contributed by atoms with E-state index >= 15 is 0 Å². The third-order valence-corrected chi connectivity index (χ3v) is 6.10. The van der Waals surface area contributed by atoms with Gasteiger partial charge in [0.05, 0.1) is 17.6 Å². The summed E-state index contributed by atoms with van der Waals surface area (Å²) in [6, 6.07) is 18.4. The molecule has 194 valence electrons. The Morgan fingerprint density at radius 1 is 1.03 bits per heavy atom. The number of rotatable bonds is 10. The van der Waals surface area contributed by atoms with Gasteiger partial charge in [0, 0.05) is 37.5 Å².